The summed E-state index contributed by atoms with van der Waals surface area (Å²) in [6.07, 6.45) is -1.29. The first-order valence-corrected chi connectivity index (χ1v) is 15.2. The van der Waals surface area contributed by atoms with Crippen LogP contribution in [0.5, 0.6) is 0 Å². The van der Waals surface area contributed by atoms with Crippen molar-refractivity contribution in [3.63, 3.8) is 0 Å². The number of hydrogen-bond donors (Lipinski definition) is 0. The van der Waals surface area contributed by atoms with Gasteiger partial charge in [-0.05, 0) is 68.5 Å². The zero-order valence-corrected chi connectivity index (χ0v) is 25.7. The zero-order chi connectivity index (χ0) is 30.3. The second kappa shape index (κ2) is 9.41. The van der Waals surface area contributed by atoms with E-state index in [0.717, 1.165) is 0 Å². The third kappa shape index (κ3) is 3.95. The van der Waals surface area contributed by atoms with Crippen molar-refractivity contribution in [2.45, 2.75) is 81.8 Å². The third-order valence-electron chi connectivity index (χ3n) is 9.84. The largest absolute Gasteiger partial charge is 0.454 e. The second-order valence-corrected chi connectivity index (χ2v) is 14.4. The first-order chi connectivity index (χ1) is 20.4. The minimum atomic E-state index is -0.646. The van der Waals surface area contributed by atoms with Crippen LogP contribution in [-0.2, 0) is 25.7 Å². The summed E-state index contributed by atoms with van der Waals surface area (Å²) in [6.45, 7) is 13.4. The first kappa shape index (κ1) is 27.6. The van der Waals surface area contributed by atoms with Gasteiger partial charge in [0.05, 0.1) is 11.1 Å². The lowest BCUT2D eigenvalue weighted by Crippen LogP contribution is -2.54. The van der Waals surface area contributed by atoms with Crippen molar-refractivity contribution in [3.8, 4) is 0 Å². The first-order valence-electron chi connectivity index (χ1n) is 15.2. The zero-order valence-electron chi connectivity index (χ0n) is 25.7. The van der Waals surface area contributed by atoms with Crippen molar-refractivity contribution in [3.05, 3.63) is 142 Å². The van der Waals surface area contributed by atoms with Crippen molar-refractivity contribution < 1.29 is 19.1 Å². The van der Waals surface area contributed by atoms with Crippen molar-refractivity contribution in [2.75, 3.05) is 0 Å². The smallest absolute Gasteiger partial charge is 0.338 e. The number of hydrogen-bond acceptors (Lipinski definition) is 4. The van der Waals surface area contributed by atoms with E-state index in [-0.39, 0.29) is 22.7 Å². The Morgan fingerprint density at radius 1 is 0.605 bits per heavy atom. The average molecular weight is 571 g/mol. The number of carbonyl (C=O) groups excluding carboxylic acids is 2. The normalized spacial score (nSPS) is 24.8. The second-order valence-electron chi connectivity index (χ2n) is 14.4. The molecule has 0 amide bonds. The highest BCUT2D eigenvalue weighted by Crippen LogP contribution is 2.77. The fourth-order valence-corrected chi connectivity index (χ4v) is 7.93. The molecule has 3 aliphatic rings. The molecule has 0 bridgehead atoms. The van der Waals surface area contributed by atoms with Gasteiger partial charge in [0.25, 0.3) is 0 Å². The van der Waals surface area contributed by atoms with Gasteiger partial charge in [0.2, 0.25) is 0 Å². The Labute approximate surface area is 254 Å². The van der Waals surface area contributed by atoms with Crippen LogP contribution in [-0.4, -0.2) is 24.1 Å². The molecule has 43 heavy (non-hydrogen) atoms. The minimum Gasteiger partial charge on any atom is -0.454 e. The maximum absolute atomic E-state index is 13.7. The molecule has 3 aliphatic carbocycles. The topological polar surface area (TPSA) is 52.6 Å². The van der Waals surface area contributed by atoms with Crippen molar-refractivity contribution in [1.29, 1.82) is 0 Å². The monoisotopic (exact) mass is 570 g/mol. The molecule has 4 nitrogen and oxygen atoms in total. The molecular weight excluding hydrogens is 532 g/mol. The Bertz CT molecular complexity index is 1740. The molecule has 0 radical (unpaired) electrons. The Morgan fingerprint density at radius 2 is 1.16 bits per heavy atom. The van der Waals surface area contributed by atoms with E-state index in [1.165, 1.54) is 33.4 Å². The van der Waals surface area contributed by atoms with Gasteiger partial charge in [0, 0.05) is 17.3 Å². The van der Waals surface area contributed by atoms with Gasteiger partial charge >= 0.3 is 11.9 Å². The maximum Gasteiger partial charge on any atom is 0.338 e. The molecule has 1 saturated carbocycles. The summed E-state index contributed by atoms with van der Waals surface area (Å²) in [6, 6.07) is 31.5. The van der Waals surface area contributed by atoms with Crippen LogP contribution in [0.2, 0.25) is 0 Å². The van der Waals surface area contributed by atoms with Crippen molar-refractivity contribution in [1.82, 2.24) is 0 Å². The third-order valence-corrected chi connectivity index (χ3v) is 9.84. The Hall–Kier alpha value is -4.18. The number of rotatable bonds is 4. The lowest BCUT2D eigenvalue weighted by atomic mass is 9.42. The number of fused-ring (bicyclic) bond motifs is 4. The highest BCUT2D eigenvalue weighted by atomic mass is 16.6. The van der Waals surface area contributed by atoms with Crippen molar-refractivity contribution in [2.24, 2.45) is 0 Å². The number of benzene rings is 4. The molecule has 4 heteroatoms. The molecule has 0 N–H and O–H groups in total. The van der Waals surface area contributed by atoms with E-state index in [0.29, 0.717) is 11.1 Å². The summed E-state index contributed by atoms with van der Waals surface area (Å²) >= 11 is 0. The summed E-state index contributed by atoms with van der Waals surface area (Å²) < 4.78 is 12.9. The molecule has 7 rings (SSSR count). The molecule has 1 spiro atoms. The molecule has 3 unspecified atom stereocenters. The van der Waals surface area contributed by atoms with Crippen LogP contribution in [0.4, 0.5) is 0 Å². The fourth-order valence-electron chi connectivity index (χ4n) is 7.93. The van der Waals surface area contributed by atoms with Gasteiger partial charge in [-0.15, -0.1) is 0 Å². The predicted octanol–water partition coefficient (Wildman–Crippen LogP) is 8.23. The quantitative estimate of drug-likeness (QED) is 0.232. The summed E-state index contributed by atoms with van der Waals surface area (Å²) in [5.41, 5.74) is 7.90. The lowest BCUT2D eigenvalue weighted by Gasteiger charge is -2.59. The van der Waals surface area contributed by atoms with Crippen LogP contribution in [0.25, 0.3) is 0 Å². The molecule has 218 valence electrons. The Balaban J connectivity index is 1.42. The van der Waals surface area contributed by atoms with Gasteiger partial charge in [-0.1, -0.05) is 114 Å². The summed E-state index contributed by atoms with van der Waals surface area (Å²) in [5, 5.41) is 0. The van der Waals surface area contributed by atoms with Crippen LogP contribution in [0.15, 0.2) is 97.1 Å². The fraction of sp³-hybridized carbons (Fsp3) is 0.333. The Kier molecular flexibility index (Phi) is 6.05. The van der Waals surface area contributed by atoms with E-state index >= 15 is 0 Å². The van der Waals surface area contributed by atoms with E-state index in [1.54, 1.807) is 24.3 Å². The molecule has 4 aromatic rings. The van der Waals surface area contributed by atoms with Crippen LogP contribution in [0, 0.1) is 0 Å². The number of esters is 2. The highest BCUT2D eigenvalue weighted by Gasteiger charge is 2.77. The summed E-state index contributed by atoms with van der Waals surface area (Å²) in [7, 11) is 0. The predicted molar refractivity (Wildman–Crippen MR) is 168 cm³/mol. The van der Waals surface area contributed by atoms with Gasteiger partial charge in [0.1, 0.15) is 12.2 Å². The molecule has 1 fully saturated rings. The van der Waals surface area contributed by atoms with E-state index < -0.39 is 29.6 Å². The van der Waals surface area contributed by atoms with E-state index in [4.69, 9.17) is 9.47 Å². The van der Waals surface area contributed by atoms with Gasteiger partial charge in [0.15, 0.2) is 0 Å². The molecule has 0 heterocycles. The van der Waals surface area contributed by atoms with E-state index in [2.05, 4.69) is 77.9 Å². The van der Waals surface area contributed by atoms with E-state index in [9.17, 15) is 9.59 Å². The molecule has 4 aromatic carbocycles. The van der Waals surface area contributed by atoms with E-state index in [1.807, 2.05) is 36.4 Å². The molecule has 0 saturated heterocycles. The summed E-state index contributed by atoms with van der Waals surface area (Å²) in [5.74, 6) is -1.05. The minimum absolute atomic E-state index is 0.0248. The summed E-state index contributed by atoms with van der Waals surface area (Å²) in [4.78, 5) is 27.3. The van der Waals surface area contributed by atoms with Crippen LogP contribution >= 0.6 is 0 Å². The Morgan fingerprint density at radius 3 is 1.70 bits per heavy atom. The van der Waals surface area contributed by atoms with Crippen LogP contribution < -0.4 is 0 Å². The van der Waals surface area contributed by atoms with Gasteiger partial charge in [-0.2, -0.15) is 0 Å². The van der Waals surface area contributed by atoms with Gasteiger partial charge in [-0.25, -0.2) is 9.59 Å². The standard InChI is InChI=1S/C39H38O4/c1-37(2,3)25-20-21-26-29(22-25)39-28-19-13-18-27(38(4,5)6)30(28)32(39)34(43-36(41)24-16-11-8-12-17-24)33(31(26)39)42-35(40)23-14-9-7-10-15-23/h7-22,31-34H,1-6H3/t31?,32-,33?,34?,39+/m1/s1. The van der Waals surface area contributed by atoms with Crippen LogP contribution in [0.1, 0.15) is 107 Å². The molecule has 0 aliphatic heterocycles. The van der Waals surface area contributed by atoms with Crippen molar-refractivity contribution >= 4 is 11.9 Å². The molecular formula is C39H38O4. The van der Waals surface area contributed by atoms with Gasteiger partial charge in [-0.3, -0.25) is 0 Å². The maximum atomic E-state index is 13.7. The lowest BCUT2D eigenvalue weighted by molar-refractivity contribution is -0.0318. The highest BCUT2D eigenvalue weighted by molar-refractivity contribution is 5.91. The number of carbonyl (C=O) groups is 2. The average Bonchev–Trinajstić information content (AvgIpc) is 3.15. The number of ether oxygens (including phenoxy) is 2. The van der Waals surface area contributed by atoms with Gasteiger partial charge < -0.3 is 9.47 Å². The molecule has 5 atom stereocenters. The molecule has 0 aromatic heterocycles. The van der Waals surface area contributed by atoms with Crippen LogP contribution in [0.3, 0.4) is 0 Å². The SMILES string of the molecule is CC(C)(C)c1ccc2c(c1)[C@]13c4cccc(C(C)(C)C)c4[C@@H]1C(OC(=O)c1ccccc1)C(OC(=O)c1ccccc1)C23.